The summed E-state index contributed by atoms with van der Waals surface area (Å²) in [4.78, 5) is 23.2. The van der Waals surface area contributed by atoms with Crippen molar-refractivity contribution in [2.24, 2.45) is 11.1 Å². The van der Waals surface area contributed by atoms with E-state index in [1.54, 1.807) is 17.4 Å². The molecular weight excluding hydrogens is 326 g/mol. The number of thiophene rings is 1. The maximum atomic E-state index is 11.3. The fraction of sp³-hybridized carbons (Fsp3) is 0.353. The van der Waals surface area contributed by atoms with E-state index in [1.807, 2.05) is 11.4 Å². The van der Waals surface area contributed by atoms with Gasteiger partial charge in [0.25, 0.3) is 5.69 Å². The van der Waals surface area contributed by atoms with Gasteiger partial charge in [-0.25, -0.2) is 0 Å². The lowest BCUT2D eigenvalue weighted by molar-refractivity contribution is -0.385. The van der Waals surface area contributed by atoms with Gasteiger partial charge in [-0.2, -0.15) is 0 Å². The van der Waals surface area contributed by atoms with Gasteiger partial charge < -0.3 is 11.1 Å². The monoisotopic (exact) mass is 347 g/mol. The highest BCUT2D eigenvalue weighted by atomic mass is 32.1. The zero-order chi connectivity index (χ0) is 17.9. The standard InChI is InChI=1S/C17H21N3O3S/c1-17(2,3)15(14-5-4-8-24-14)19-10-12-7-6-11(16(18)21)9-13(12)20(22)23/h4-9,15,19H,10H2,1-3H3,(H2,18,21). The lowest BCUT2D eigenvalue weighted by atomic mass is 9.85. The Labute approximate surface area is 144 Å². The Morgan fingerprint density at radius 3 is 2.58 bits per heavy atom. The number of nitrogens with one attached hydrogen (secondary N) is 1. The lowest BCUT2D eigenvalue weighted by Crippen LogP contribution is -2.31. The smallest absolute Gasteiger partial charge is 0.274 e. The minimum absolute atomic E-state index is 0.0488. The summed E-state index contributed by atoms with van der Waals surface area (Å²) in [7, 11) is 0. The van der Waals surface area contributed by atoms with Crippen LogP contribution < -0.4 is 11.1 Å². The van der Waals surface area contributed by atoms with Gasteiger partial charge in [0.05, 0.1) is 4.92 Å². The highest BCUT2D eigenvalue weighted by molar-refractivity contribution is 7.10. The predicted octanol–water partition coefficient (Wildman–Crippen LogP) is 3.63. The van der Waals surface area contributed by atoms with E-state index in [4.69, 9.17) is 5.73 Å². The molecule has 3 N–H and O–H groups in total. The van der Waals surface area contributed by atoms with Crippen LogP contribution in [0.1, 0.15) is 47.6 Å². The molecule has 24 heavy (non-hydrogen) atoms. The van der Waals surface area contributed by atoms with Crippen molar-refractivity contribution in [2.45, 2.75) is 33.4 Å². The van der Waals surface area contributed by atoms with Crippen molar-refractivity contribution in [1.29, 1.82) is 0 Å². The van der Waals surface area contributed by atoms with E-state index in [9.17, 15) is 14.9 Å². The number of nitro benzene ring substituents is 1. The lowest BCUT2D eigenvalue weighted by Gasteiger charge is -2.31. The van der Waals surface area contributed by atoms with E-state index in [0.29, 0.717) is 12.1 Å². The second-order valence-corrected chi connectivity index (χ2v) is 7.64. The molecular formula is C17H21N3O3S. The number of amides is 1. The van der Waals surface area contributed by atoms with Crippen molar-refractivity contribution in [1.82, 2.24) is 5.32 Å². The van der Waals surface area contributed by atoms with E-state index in [2.05, 4.69) is 32.2 Å². The van der Waals surface area contributed by atoms with Crippen molar-refractivity contribution < 1.29 is 9.72 Å². The van der Waals surface area contributed by atoms with Crippen molar-refractivity contribution in [3.05, 3.63) is 61.8 Å². The molecule has 0 spiro atoms. The maximum Gasteiger partial charge on any atom is 0.274 e. The summed E-state index contributed by atoms with van der Waals surface area (Å²) < 4.78 is 0. The molecule has 2 aromatic rings. The van der Waals surface area contributed by atoms with Crippen LogP contribution >= 0.6 is 11.3 Å². The molecule has 0 aliphatic carbocycles. The molecule has 0 fully saturated rings. The van der Waals surface area contributed by atoms with Gasteiger partial charge in [0.15, 0.2) is 0 Å². The number of hydrogen-bond donors (Lipinski definition) is 2. The number of primary amides is 1. The number of rotatable bonds is 6. The van der Waals surface area contributed by atoms with E-state index in [-0.39, 0.29) is 22.7 Å². The van der Waals surface area contributed by atoms with Gasteiger partial charge in [0, 0.05) is 34.7 Å². The highest BCUT2D eigenvalue weighted by Crippen LogP contribution is 2.35. The summed E-state index contributed by atoms with van der Waals surface area (Å²) in [6.45, 7) is 6.69. The molecule has 2 rings (SSSR count). The van der Waals surface area contributed by atoms with Crippen LogP contribution in [-0.2, 0) is 6.54 Å². The molecule has 0 aliphatic heterocycles. The number of carbonyl (C=O) groups excluding carboxylic acids is 1. The van der Waals surface area contributed by atoms with Gasteiger partial charge in [-0.1, -0.05) is 32.9 Å². The molecule has 1 amide bonds. The minimum atomic E-state index is -0.677. The Balaban J connectivity index is 2.27. The average Bonchev–Trinajstić information content (AvgIpc) is 2.99. The largest absolute Gasteiger partial charge is 0.366 e. The van der Waals surface area contributed by atoms with E-state index >= 15 is 0 Å². The topological polar surface area (TPSA) is 98.3 Å². The van der Waals surface area contributed by atoms with Crippen LogP contribution in [0.3, 0.4) is 0 Å². The van der Waals surface area contributed by atoms with E-state index in [0.717, 1.165) is 0 Å². The first kappa shape index (κ1) is 18.1. The molecule has 1 aromatic heterocycles. The first-order chi connectivity index (χ1) is 11.2. The Morgan fingerprint density at radius 2 is 2.08 bits per heavy atom. The summed E-state index contributed by atoms with van der Waals surface area (Å²) in [5, 5.41) is 16.7. The fourth-order valence-corrected chi connectivity index (χ4v) is 3.58. The molecule has 7 heteroatoms. The minimum Gasteiger partial charge on any atom is -0.366 e. The van der Waals surface area contributed by atoms with Crippen LogP contribution in [0.2, 0.25) is 0 Å². The van der Waals surface area contributed by atoms with Crippen LogP contribution in [0.4, 0.5) is 5.69 Å². The van der Waals surface area contributed by atoms with E-state index < -0.39 is 10.8 Å². The first-order valence-electron chi connectivity index (χ1n) is 7.54. The average molecular weight is 347 g/mol. The molecule has 0 aliphatic rings. The van der Waals surface area contributed by atoms with Crippen molar-refractivity contribution in [3.63, 3.8) is 0 Å². The van der Waals surface area contributed by atoms with E-state index in [1.165, 1.54) is 17.0 Å². The number of nitrogens with zero attached hydrogens (tertiary/aromatic N) is 1. The Morgan fingerprint density at radius 1 is 1.38 bits per heavy atom. The Hall–Kier alpha value is -2.25. The molecule has 128 valence electrons. The van der Waals surface area contributed by atoms with Gasteiger partial charge in [-0.3, -0.25) is 14.9 Å². The number of nitro groups is 1. The van der Waals surface area contributed by atoms with Crippen LogP contribution in [0.5, 0.6) is 0 Å². The van der Waals surface area contributed by atoms with Crippen molar-refractivity contribution in [2.75, 3.05) is 0 Å². The molecule has 0 bridgehead atoms. The van der Waals surface area contributed by atoms with Crippen molar-refractivity contribution in [3.8, 4) is 0 Å². The third kappa shape index (κ3) is 4.18. The van der Waals surface area contributed by atoms with Crippen LogP contribution in [0.15, 0.2) is 35.7 Å². The zero-order valence-corrected chi connectivity index (χ0v) is 14.7. The number of hydrogen-bond acceptors (Lipinski definition) is 5. The molecule has 1 heterocycles. The molecule has 0 saturated carbocycles. The second-order valence-electron chi connectivity index (χ2n) is 6.66. The third-order valence-electron chi connectivity index (χ3n) is 3.76. The number of benzene rings is 1. The van der Waals surface area contributed by atoms with Crippen LogP contribution in [-0.4, -0.2) is 10.8 Å². The molecule has 0 radical (unpaired) electrons. The zero-order valence-electron chi connectivity index (χ0n) is 13.9. The first-order valence-corrected chi connectivity index (χ1v) is 8.42. The fourth-order valence-electron chi connectivity index (χ4n) is 2.54. The van der Waals surface area contributed by atoms with Crippen molar-refractivity contribution >= 4 is 22.9 Å². The molecule has 1 atom stereocenters. The third-order valence-corrected chi connectivity index (χ3v) is 4.69. The van der Waals surface area contributed by atoms with Crippen LogP contribution in [0, 0.1) is 15.5 Å². The van der Waals surface area contributed by atoms with Gasteiger partial charge in [-0.15, -0.1) is 11.3 Å². The number of carbonyl (C=O) groups is 1. The highest BCUT2D eigenvalue weighted by Gasteiger charge is 2.27. The second kappa shape index (κ2) is 7.11. The SMILES string of the molecule is CC(C)(C)C(NCc1ccc(C(N)=O)cc1[N+](=O)[O-])c1cccs1. The Bertz CT molecular complexity index is 736. The van der Waals surface area contributed by atoms with Gasteiger partial charge >= 0.3 is 0 Å². The van der Waals surface area contributed by atoms with Gasteiger partial charge in [0.1, 0.15) is 0 Å². The summed E-state index contributed by atoms with van der Waals surface area (Å²) in [6, 6.07) is 8.44. The molecule has 1 unspecified atom stereocenters. The van der Waals surface area contributed by atoms with Gasteiger partial charge in [-0.05, 0) is 22.9 Å². The quantitative estimate of drug-likeness (QED) is 0.616. The van der Waals surface area contributed by atoms with Gasteiger partial charge in [0.2, 0.25) is 5.91 Å². The van der Waals surface area contributed by atoms with Crippen LogP contribution in [0.25, 0.3) is 0 Å². The molecule has 6 nitrogen and oxygen atoms in total. The summed E-state index contributed by atoms with van der Waals surface area (Å²) in [5.41, 5.74) is 5.71. The number of nitrogens with two attached hydrogens (primary N) is 1. The molecule has 1 aromatic carbocycles. The summed E-state index contributed by atoms with van der Waals surface area (Å²) in [6.07, 6.45) is 0. The predicted molar refractivity (Wildman–Crippen MR) is 95.0 cm³/mol. The normalized spacial score (nSPS) is 12.8. The summed E-state index contributed by atoms with van der Waals surface area (Å²) in [5.74, 6) is -0.677. The maximum absolute atomic E-state index is 11.3. The molecule has 0 saturated heterocycles. The Kier molecular flexibility index (Phi) is 5.36. The summed E-state index contributed by atoms with van der Waals surface area (Å²) >= 11 is 1.65.